The molecule has 0 aromatic carbocycles. The molecule has 0 unspecified atom stereocenters. The van der Waals surface area contributed by atoms with Gasteiger partial charge in [-0.1, -0.05) is 6.07 Å². The summed E-state index contributed by atoms with van der Waals surface area (Å²) in [7, 11) is 1.50. The molecule has 0 amide bonds. The molecule has 1 aromatic rings. The van der Waals surface area contributed by atoms with Crippen LogP contribution in [0.2, 0.25) is 0 Å². The van der Waals surface area contributed by atoms with Crippen LogP contribution in [-0.4, -0.2) is 12.0 Å². The smallest absolute Gasteiger partial charge is 0.0267 e. The van der Waals surface area contributed by atoms with Crippen LogP contribution in [0.4, 0.5) is 0 Å². The standard InChI is InChI=1S/C5H5N.CH5N.ClH/c1-2-4-6-5-3-1;1-2;/h1-5H;2H2,1H3;1H. The lowest BCUT2D eigenvalue weighted by Crippen LogP contribution is -1.69. The minimum Gasteiger partial charge on any atom is -0.333 e. The average molecular weight is 147 g/mol. The first kappa shape index (κ1) is 11.2. The van der Waals surface area contributed by atoms with Gasteiger partial charge in [0.2, 0.25) is 0 Å². The normalized spacial score (nSPS) is 6.00. The first-order valence-electron chi connectivity index (χ1n) is 2.43. The summed E-state index contributed by atoms with van der Waals surface area (Å²) in [4.78, 5) is 3.78. The topological polar surface area (TPSA) is 38.9 Å². The van der Waals surface area contributed by atoms with Gasteiger partial charge in [0.05, 0.1) is 0 Å². The monoisotopic (exact) mass is 146 g/mol. The zero-order valence-electron chi connectivity index (χ0n) is 5.32. The van der Waals surface area contributed by atoms with E-state index in [0.29, 0.717) is 0 Å². The summed E-state index contributed by atoms with van der Waals surface area (Å²) in [5.41, 5.74) is 4.50. The highest BCUT2D eigenvalue weighted by Crippen LogP contribution is 1.73. The van der Waals surface area contributed by atoms with E-state index in [1.54, 1.807) is 12.4 Å². The second kappa shape index (κ2) is 10.4. The molecule has 0 aliphatic rings. The molecule has 0 atom stereocenters. The van der Waals surface area contributed by atoms with Crippen LogP contribution in [0.1, 0.15) is 0 Å². The van der Waals surface area contributed by atoms with Crippen molar-refractivity contribution in [3.8, 4) is 0 Å². The summed E-state index contributed by atoms with van der Waals surface area (Å²) in [5.74, 6) is 0. The van der Waals surface area contributed by atoms with Gasteiger partial charge < -0.3 is 5.73 Å². The summed E-state index contributed by atoms with van der Waals surface area (Å²) in [6, 6.07) is 5.72. The van der Waals surface area contributed by atoms with Crippen molar-refractivity contribution in [2.24, 2.45) is 5.73 Å². The predicted octanol–water partition coefficient (Wildman–Crippen LogP) is 1.08. The maximum absolute atomic E-state index is 4.50. The minimum atomic E-state index is 0. The zero-order chi connectivity index (χ0) is 6.24. The second-order valence-corrected chi connectivity index (χ2v) is 1.02. The summed E-state index contributed by atoms with van der Waals surface area (Å²) in [6.07, 6.45) is 3.50. The van der Waals surface area contributed by atoms with E-state index in [1.165, 1.54) is 7.05 Å². The van der Waals surface area contributed by atoms with Gasteiger partial charge >= 0.3 is 0 Å². The van der Waals surface area contributed by atoms with Gasteiger partial charge in [-0.25, -0.2) is 0 Å². The fourth-order valence-electron chi connectivity index (χ4n) is 0.313. The molecule has 3 heteroatoms. The van der Waals surface area contributed by atoms with Crippen molar-refractivity contribution in [2.45, 2.75) is 0 Å². The van der Waals surface area contributed by atoms with E-state index >= 15 is 0 Å². The predicted molar refractivity (Wildman–Crippen MR) is 41.6 cm³/mol. The molecule has 1 heterocycles. The van der Waals surface area contributed by atoms with E-state index in [9.17, 15) is 0 Å². The van der Waals surface area contributed by atoms with Crippen LogP contribution in [0.3, 0.4) is 0 Å². The number of hydrogen-bond donors (Lipinski definition) is 1. The Morgan fingerprint density at radius 1 is 1.00 bits per heavy atom. The van der Waals surface area contributed by atoms with Gasteiger partial charge in [-0.2, -0.15) is 0 Å². The molecule has 0 aliphatic heterocycles. The third-order valence-electron chi connectivity index (χ3n) is 0.566. The lowest BCUT2D eigenvalue weighted by atomic mass is 10.5. The van der Waals surface area contributed by atoms with Crippen molar-refractivity contribution >= 4 is 12.4 Å². The molecular weight excluding hydrogens is 136 g/mol. The van der Waals surface area contributed by atoms with Crippen LogP contribution in [0.25, 0.3) is 0 Å². The lowest BCUT2D eigenvalue weighted by molar-refractivity contribution is 1.33. The maximum Gasteiger partial charge on any atom is 0.0267 e. The molecular formula is C6H11ClN2. The van der Waals surface area contributed by atoms with E-state index in [1.807, 2.05) is 18.2 Å². The first-order chi connectivity index (χ1) is 4.00. The quantitative estimate of drug-likeness (QED) is 0.595. The number of nitrogens with zero attached hydrogens (tertiary/aromatic N) is 1. The Morgan fingerprint density at radius 3 is 1.56 bits per heavy atom. The molecule has 0 saturated heterocycles. The summed E-state index contributed by atoms with van der Waals surface area (Å²) in [6.45, 7) is 0. The SMILES string of the molecule is CN.Cl.c1ccncc1. The highest BCUT2D eigenvalue weighted by atomic mass is 35.5. The highest BCUT2D eigenvalue weighted by Gasteiger charge is 1.58. The van der Waals surface area contributed by atoms with Crippen molar-refractivity contribution in [3.63, 3.8) is 0 Å². The van der Waals surface area contributed by atoms with Gasteiger partial charge in [0, 0.05) is 12.4 Å². The number of halogens is 1. The van der Waals surface area contributed by atoms with Gasteiger partial charge in [0.25, 0.3) is 0 Å². The minimum absolute atomic E-state index is 0. The Bertz CT molecular complexity index is 83.0. The number of rotatable bonds is 0. The van der Waals surface area contributed by atoms with Crippen LogP contribution in [0.15, 0.2) is 30.6 Å². The van der Waals surface area contributed by atoms with E-state index in [-0.39, 0.29) is 12.4 Å². The fraction of sp³-hybridized carbons (Fsp3) is 0.167. The molecule has 1 rings (SSSR count). The van der Waals surface area contributed by atoms with Crippen LogP contribution in [0.5, 0.6) is 0 Å². The Hall–Kier alpha value is -0.600. The van der Waals surface area contributed by atoms with E-state index in [4.69, 9.17) is 0 Å². The third kappa shape index (κ3) is 7.40. The highest BCUT2D eigenvalue weighted by molar-refractivity contribution is 5.85. The Kier molecular flexibility index (Phi) is 13.0. The van der Waals surface area contributed by atoms with Gasteiger partial charge in [0.1, 0.15) is 0 Å². The number of nitrogens with two attached hydrogens (primary N) is 1. The Balaban J connectivity index is 0. The molecule has 9 heavy (non-hydrogen) atoms. The number of aromatic nitrogens is 1. The molecule has 2 N–H and O–H groups in total. The molecule has 0 radical (unpaired) electrons. The molecule has 0 bridgehead atoms. The van der Waals surface area contributed by atoms with Crippen molar-refractivity contribution < 1.29 is 0 Å². The zero-order valence-corrected chi connectivity index (χ0v) is 6.14. The average Bonchev–Trinajstić information content (AvgIpc) is 1.96. The summed E-state index contributed by atoms with van der Waals surface area (Å²) < 4.78 is 0. The Morgan fingerprint density at radius 2 is 1.44 bits per heavy atom. The number of pyridine rings is 1. The second-order valence-electron chi connectivity index (χ2n) is 1.02. The third-order valence-corrected chi connectivity index (χ3v) is 0.566. The Labute approximate surface area is 61.5 Å². The molecule has 0 fully saturated rings. The van der Waals surface area contributed by atoms with Gasteiger partial charge in [-0.05, 0) is 19.2 Å². The van der Waals surface area contributed by atoms with Crippen LogP contribution >= 0.6 is 12.4 Å². The van der Waals surface area contributed by atoms with Crippen molar-refractivity contribution in [2.75, 3.05) is 7.05 Å². The van der Waals surface area contributed by atoms with Gasteiger partial charge in [0.15, 0.2) is 0 Å². The molecule has 0 spiro atoms. The van der Waals surface area contributed by atoms with Gasteiger partial charge in [-0.15, -0.1) is 12.4 Å². The van der Waals surface area contributed by atoms with E-state index < -0.39 is 0 Å². The fourth-order valence-corrected chi connectivity index (χ4v) is 0.313. The largest absolute Gasteiger partial charge is 0.333 e. The summed E-state index contributed by atoms with van der Waals surface area (Å²) in [5, 5.41) is 0. The summed E-state index contributed by atoms with van der Waals surface area (Å²) >= 11 is 0. The van der Waals surface area contributed by atoms with Crippen molar-refractivity contribution in [3.05, 3.63) is 30.6 Å². The van der Waals surface area contributed by atoms with Crippen LogP contribution in [-0.2, 0) is 0 Å². The van der Waals surface area contributed by atoms with Crippen molar-refractivity contribution in [1.29, 1.82) is 0 Å². The molecule has 1 aromatic heterocycles. The van der Waals surface area contributed by atoms with E-state index in [0.717, 1.165) is 0 Å². The van der Waals surface area contributed by atoms with E-state index in [2.05, 4.69) is 10.7 Å². The molecule has 2 nitrogen and oxygen atoms in total. The molecule has 0 aliphatic carbocycles. The first-order valence-corrected chi connectivity index (χ1v) is 2.43. The van der Waals surface area contributed by atoms with Crippen LogP contribution < -0.4 is 5.73 Å². The van der Waals surface area contributed by atoms with Crippen molar-refractivity contribution in [1.82, 2.24) is 4.98 Å². The number of hydrogen-bond acceptors (Lipinski definition) is 2. The molecule has 0 saturated carbocycles. The van der Waals surface area contributed by atoms with Crippen LogP contribution in [0, 0.1) is 0 Å². The molecule has 52 valence electrons. The lowest BCUT2D eigenvalue weighted by Gasteiger charge is -1.70. The maximum atomic E-state index is 4.50. The van der Waals surface area contributed by atoms with Gasteiger partial charge in [-0.3, -0.25) is 4.98 Å².